The van der Waals surface area contributed by atoms with Crippen molar-refractivity contribution in [3.8, 4) is 0 Å². The van der Waals surface area contributed by atoms with Crippen LogP contribution in [0.15, 0.2) is 118 Å². The van der Waals surface area contributed by atoms with E-state index < -0.39 is 11.6 Å². The van der Waals surface area contributed by atoms with Gasteiger partial charge in [-0.25, -0.2) is 0 Å². The van der Waals surface area contributed by atoms with Crippen molar-refractivity contribution in [3.63, 3.8) is 0 Å². The Morgan fingerprint density at radius 2 is 0.658 bits per heavy atom. The number of azo groups is 2. The van der Waals surface area contributed by atoms with Crippen LogP contribution in [-0.4, -0.2) is 26.4 Å². The lowest BCUT2D eigenvalue weighted by molar-refractivity contribution is -0.130. The van der Waals surface area contributed by atoms with Gasteiger partial charge in [0, 0.05) is 22.3 Å². The number of hydrogen-bond donors (Lipinski definition) is 0. The third kappa shape index (κ3) is 3.95. The van der Waals surface area contributed by atoms with Crippen LogP contribution in [0.1, 0.15) is 22.3 Å². The quantitative estimate of drug-likeness (QED) is 0.251. The Kier molecular flexibility index (Phi) is 5.67. The molecular formula is C30H24N4O4. The predicted molar refractivity (Wildman–Crippen MR) is 139 cm³/mol. The molecule has 7 rings (SSSR count). The summed E-state index contributed by atoms with van der Waals surface area (Å²) in [4.78, 5) is 0. The van der Waals surface area contributed by atoms with Gasteiger partial charge in [0.15, 0.2) is 0 Å². The van der Waals surface area contributed by atoms with E-state index in [1.807, 2.05) is 97.1 Å². The number of benzene rings is 4. The summed E-state index contributed by atoms with van der Waals surface area (Å²) in [6.07, 6.45) is 0. The van der Waals surface area contributed by atoms with E-state index in [0.717, 1.165) is 22.3 Å². The van der Waals surface area contributed by atoms with E-state index in [1.54, 1.807) is 0 Å². The minimum Gasteiger partial charge on any atom is -0.340 e. The molecule has 4 aromatic carbocycles. The molecule has 188 valence electrons. The SMILES string of the molecule is c1cc2cc(c1)C1(OCCO1)c1cccc(c1)N=Nc1cccc(c1)C1(OCCO1)c1cccc(c1)N=N2. The van der Waals surface area contributed by atoms with E-state index >= 15 is 0 Å². The molecule has 3 aliphatic heterocycles. The van der Waals surface area contributed by atoms with Gasteiger partial charge < -0.3 is 18.9 Å². The first kappa shape index (κ1) is 23.1. The molecule has 0 atom stereocenters. The zero-order chi connectivity index (χ0) is 25.4. The van der Waals surface area contributed by atoms with Crippen LogP contribution in [-0.2, 0) is 30.5 Å². The Labute approximate surface area is 219 Å². The highest BCUT2D eigenvalue weighted by atomic mass is 16.7. The van der Waals surface area contributed by atoms with Crippen molar-refractivity contribution in [2.75, 3.05) is 26.4 Å². The Balaban J connectivity index is 1.43. The van der Waals surface area contributed by atoms with Crippen molar-refractivity contribution in [2.45, 2.75) is 11.6 Å². The Morgan fingerprint density at radius 1 is 0.395 bits per heavy atom. The maximum Gasteiger partial charge on any atom is 0.222 e. The molecule has 4 aromatic rings. The summed E-state index contributed by atoms with van der Waals surface area (Å²) >= 11 is 0. The van der Waals surface area contributed by atoms with Gasteiger partial charge in [-0.1, -0.05) is 48.5 Å². The molecule has 38 heavy (non-hydrogen) atoms. The zero-order valence-corrected chi connectivity index (χ0v) is 20.5. The summed E-state index contributed by atoms with van der Waals surface area (Å²) in [5.74, 6) is -2.13. The van der Waals surface area contributed by atoms with Crippen LogP contribution in [0, 0.1) is 0 Å². The van der Waals surface area contributed by atoms with Crippen LogP contribution < -0.4 is 0 Å². The molecule has 0 radical (unpaired) electrons. The second-order valence-electron chi connectivity index (χ2n) is 9.23. The molecule has 8 nitrogen and oxygen atoms in total. The fraction of sp³-hybridized carbons (Fsp3) is 0.200. The van der Waals surface area contributed by atoms with Crippen LogP contribution >= 0.6 is 0 Å². The first-order valence-electron chi connectivity index (χ1n) is 12.6. The van der Waals surface area contributed by atoms with Gasteiger partial charge in [-0.05, 0) is 48.5 Å². The Morgan fingerprint density at radius 3 is 0.921 bits per heavy atom. The maximum absolute atomic E-state index is 6.23. The monoisotopic (exact) mass is 504 g/mol. The molecular weight excluding hydrogens is 480 g/mol. The van der Waals surface area contributed by atoms with Crippen molar-refractivity contribution in [1.29, 1.82) is 0 Å². The van der Waals surface area contributed by atoms with E-state index in [2.05, 4.69) is 20.5 Å². The lowest BCUT2D eigenvalue weighted by atomic mass is 9.96. The first-order valence-corrected chi connectivity index (χ1v) is 12.6. The van der Waals surface area contributed by atoms with Gasteiger partial charge in [0.05, 0.1) is 49.2 Å². The zero-order valence-electron chi connectivity index (χ0n) is 20.5. The van der Waals surface area contributed by atoms with E-state index in [9.17, 15) is 0 Å². The molecule has 0 saturated carbocycles. The largest absolute Gasteiger partial charge is 0.340 e. The number of ether oxygens (including phenoxy) is 4. The lowest BCUT2D eigenvalue weighted by Crippen LogP contribution is -2.28. The summed E-state index contributed by atoms with van der Waals surface area (Å²) in [6, 6.07) is 31.0. The van der Waals surface area contributed by atoms with Crippen molar-refractivity contribution in [2.24, 2.45) is 20.5 Å². The summed E-state index contributed by atoms with van der Waals surface area (Å²) in [7, 11) is 0. The molecule has 2 fully saturated rings. The maximum atomic E-state index is 6.23. The molecule has 0 aromatic heterocycles. The number of nitrogens with zero attached hydrogens (tertiary/aromatic N) is 4. The van der Waals surface area contributed by atoms with Crippen LogP contribution in [0.2, 0.25) is 0 Å². The van der Waals surface area contributed by atoms with Gasteiger partial charge in [-0.15, -0.1) is 0 Å². The third-order valence-electron chi connectivity index (χ3n) is 6.85. The van der Waals surface area contributed by atoms with Crippen molar-refractivity contribution in [1.82, 2.24) is 0 Å². The van der Waals surface area contributed by atoms with E-state index in [1.165, 1.54) is 0 Å². The van der Waals surface area contributed by atoms with Gasteiger partial charge in [0.25, 0.3) is 0 Å². The summed E-state index contributed by atoms with van der Waals surface area (Å²) in [5, 5.41) is 18.2. The molecule has 2 spiro atoms. The molecule has 0 unspecified atom stereocenters. The van der Waals surface area contributed by atoms with E-state index in [4.69, 9.17) is 18.9 Å². The van der Waals surface area contributed by atoms with Gasteiger partial charge in [0.1, 0.15) is 0 Å². The van der Waals surface area contributed by atoms with Crippen LogP contribution in [0.3, 0.4) is 0 Å². The summed E-state index contributed by atoms with van der Waals surface area (Å²) < 4.78 is 24.9. The molecule has 0 N–H and O–H groups in total. The average Bonchev–Trinajstić information content (AvgIpc) is 3.68. The van der Waals surface area contributed by atoms with Gasteiger partial charge >= 0.3 is 0 Å². The van der Waals surface area contributed by atoms with Gasteiger partial charge in [0.2, 0.25) is 11.6 Å². The van der Waals surface area contributed by atoms with E-state index in [-0.39, 0.29) is 0 Å². The number of hydrogen-bond acceptors (Lipinski definition) is 8. The molecule has 0 aliphatic carbocycles. The fourth-order valence-electron chi connectivity index (χ4n) is 5.15. The standard InChI is InChI=1S/C30H24N4O4/c1-5-21-17-25(9-1)31-32-26-10-3-7-23(19-26)30(37-15-16-38-30)24-8-4-12-28(20-24)34-33-27-11-2-6-22(18-27)29(21)35-13-14-36-29/h1-12,17-20H,13-16H2. The van der Waals surface area contributed by atoms with Crippen molar-refractivity contribution < 1.29 is 18.9 Å². The molecule has 2 saturated heterocycles. The molecule has 3 heterocycles. The molecule has 0 amide bonds. The minimum absolute atomic E-state index is 0.475. The van der Waals surface area contributed by atoms with Crippen molar-refractivity contribution >= 4 is 22.7 Å². The topological polar surface area (TPSA) is 86.4 Å². The number of rotatable bonds is 0. The van der Waals surface area contributed by atoms with Crippen molar-refractivity contribution in [3.05, 3.63) is 119 Å². The lowest BCUT2D eigenvalue weighted by Gasteiger charge is -2.29. The Hall–Kier alpha value is -4.08. The smallest absolute Gasteiger partial charge is 0.222 e. The average molecular weight is 505 g/mol. The highest BCUT2D eigenvalue weighted by molar-refractivity contribution is 5.52. The second-order valence-corrected chi connectivity index (χ2v) is 9.23. The van der Waals surface area contributed by atoms with Crippen LogP contribution in [0.4, 0.5) is 22.7 Å². The summed E-state index contributed by atoms with van der Waals surface area (Å²) in [5.41, 5.74) is 6.03. The summed E-state index contributed by atoms with van der Waals surface area (Å²) in [6.45, 7) is 1.90. The highest BCUT2D eigenvalue weighted by Crippen LogP contribution is 2.43. The molecule has 3 aliphatic rings. The second kappa shape index (κ2) is 9.34. The molecule has 8 bridgehead atoms. The van der Waals surface area contributed by atoms with Gasteiger partial charge in [-0.2, -0.15) is 20.5 Å². The predicted octanol–water partition coefficient (Wildman–Crippen LogP) is 7.33. The van der Waals surface area contributed by atoms with Gasteiger partial charge in [-0.3, -0.25) is 0 Å². The highest BCUT2D eigenvalue weighted by Gasteiger charge is 2.42. The minimum atomic E-state index is -1.06. The molecule has 8 heteroatoms. The number of fused-ring (bicyclic) bond motifs is 12. The normalized spacial score (nSPS) is 18.9. The van der Waals surface area contributed by atoms with E-state index in [0.29, 0.717) is 49.2 Å². The Bertz CT molecular complexity index is 1340. The van der Waals surface area contributed by atoms with Crippen LogP contribution in [0.5, 0.6) is 0 Å². The van der Waals surface area contributed by atoms with Crippen LogP contribution in [0.25, 0.3) is 0 Å². The third-order valence-corrected chi connectivity index (χ3v) is 6.85. The fourth-order valence-corrected chi connectivity index (χ4v) is 5.15. The first-order chi connectivity index (χ1) is 18.7.